The van der Waals surface area contributed by atoms with E-state index in [1.165, 1.54) is 0 Å². The summed E-state index contributed by atoms with van der Waals surface area (Å²) >= 11 is 8.46. The van der Waals surface area contributed by atoms with Gasteiger partial charge in [0.25, 0.3) is 0 Å². The molecule has 0 aromatic carbocycles. The van der Waals surface area contributed by atoms with Crippen molar-refractivity contribution in [3.63, 3.8) is 0 Å². The Morgan fingerprint density at radius 1 is 1.78 bits per heavy atom. The van der Waals surface area contributed by atoms with Gasteiger partial charge in [0.05, 0.1) is 0 Å². The van der Waals surface area contributed by atoms with Crippen LogP contribution in [0.5, 0.6) is 0 Å². The normalized spacial score (nSPS) is 13.2. The predicted octanol–water partition coefficient (Wildman–Crippen LogP) is 2.56. The average molecular weight is 214 g/mol. The molecule has 0 aliphatic rings. The third-order valence-corrected chi connectivity index (χ3v) is 2.31. The SMILES string of the molecule is CC[C@@H](CBr)CC(=O)Cl. The van der Waals surface area contributed by atoms with E-state index < -0.39 is 0 Å². The van der Waals surface area contributed by atoms with Crippen molar-refractivity contribution in [2.24, 2.45) is 5.92 Å². The fraction of sp³-hybridized carbons (Fsp3) is 0.833. The number of alkyl halides is 1. The first-order valence-corrected chi connectivity index (χ1v) is 4.45. The molecule has 0 amide bonds. The van der Waals surface area contributed by atoms with Crippen molar-refractivity contribution in [3.05, 3.63) is 0 Å². The summed E-state index contributed by atoms with van der Waals surface area (Å²) in [5.74, 6) is 0.412. The van der Waals surface area contributed by atoms with Crippen LogP contribution in [-0.4, -0.2) is 10.6 Å². The lowest BCUT2D eigenvalue weighted by Crippen LogP contribution is -2.03. The van der Waals surface area contributed by atoms with Crippen molar-refractivity contribution >= 4 is 32.8 Å². The molecule has 0 radical (unpaired) electrons. The molecule has 0 aromatic rings. The Labute approximate surface area is 68.9 Å². The summed E-state index contributed by atoms with van der Waals surface area (Å²) in [7, 11) is 0. The van der Waals surface area contributed by atoms with Gasteiger partial charge in [-0.15, -0.1) is 0 Å². The number of rotatable bonds is 4. The highest BCUT2D eigenvalue weighted by Crippen LogP contribution is 2.12. The second-order valence-corrected chi connectivity index (χ2v) is 3.06. The molecule has 0 heterocycles. The van der Waals surface area contributed by atoms with Crippen LogP contribution in [0.1, 0.15) is 19.8 Å². The number of carbonyl (C=O) groups excluding carboxylic acids is 1. The first-order valence-electron chi connectivity index (χ1n) is 2.95. The van der Waals surface area contributed by atoms with Crippen LogP contribution in [0.3, 0.4) is 0 Å². The van der Waals surface area contributed by atoms with E-state index in [9.17, 15) is 4.79 Å². The Balaban J connectivity index is 3.43. The fourth-order valence-corrected chi connectivity index (χ4v) is 1.44. The molecule has 0 unspecified atom stereocenters. The van der Waals surface area contributed by atoms with Gasteiger partial charge < -0.3 is 0 Å². The summed E-state index contributed by atoms with van der Waals surface area (Å²) in [6.07, 6.45) is 1.49. The van der Waals surface area contributed by atoms with E-state index in [0.29, 0.717) is 12.3 Å². The summed E-state index contributed by atoms with van der Waals surface area (Å²) < 4.78 is 0. The zero-order valence-electron chi connectivity index (χ0n) is 5.36. The standard InChI is InChI=1S/C6H10BrClO/c1-2-5(4-7)3-6(8)9/h5H,2-4H2,1H3/t5-/m1/s1. The molecular weight excluding hydrogens is 203 g/mol. The van der Waals surface area contributed by atoms with Crippen LogP contribution in [0.4, 0.5) is 0 Å². The smallest absolute Gasteiger partial charge is 0.221 e. The summed E-state index contributed by atoms with van der Waals surface area (Å²) in [6, 6.07) is 0. The van der Waals surface area contributed by atoms with Crippen molar-refractivity contribution in [1.29, 1.82) is 0 Å². The molecule has 0 aliphatic carbocycles. The largest absolute Gasteiger partial charge is 0.281 e. The van der Waals surface area contributed by atoms with Crippen molar-refractivity contribution < 1.29 is 4.79 Å². The maximum atomic E-state index is 10.3. The van der Waals surface area contributed by atoms with Gasteiger partial charge in [0.2, 0.25) is 5.24 Å². The minimum atomic E-state index is -0.235. The van der Waals surface area contributed by atoms with Gasteiger partial charge in [-0.1, -0.05) is 29.3 Å². The average Bonchev–Trinajstić information content (AvgIpc) is 1.82. The molecule has 0 rings (SSSR count). The molecule has 0 saturated carbocycles. The second kappa shape index (κ2) is 5.24. The second-order valence-electron chi connectivity index (χ2n) is 1.99. The van der Waals surface area contributed by atoms with Gasteiger partial charge in [0.15, 0.2) is 0 Å². The fourth-order valence-electron chi connectivity index (χ4n) is 0.535. The predicted molar refractivity (Wildman–Crippen MR) is 43.1 cm³/mol. The monoisotopic (exact) mass is 212 g/mol. The van der Waals surface area contributed by atoms with E-state index in [0.717, 1.165) is 11.8 Å². The molecule has 54 valence electrons. The molecule has 3 heteroatoms. The summed E-state index contributed by atoms with van der Waals surface area (Å²) in [4.78, 5) is 10.3. The molecule has 1 nitrogen and oxygen atoms in total. The first-order chi connectivity index (χ1) is 4.20. The van der Waals surface area contributed by atoms with Gasteiger partial charge in [0, 0.05) is 11.8 Å². The van der Waals surface area contributed by atoms with E-state index in [-0.39, 0.29) is 5.24 Å². The highest BCUT2D eigenvalue weighted by Gasteiger charge is 2.07. The molecule has 0 bridgehead atoms. The maximum Gasteiger partial charge on any atom is 0.221 e. The third kappa shape index (κ3) is 4.91. The molecule has 1 atom stereocenters. The Bertz CT molecular complexity index is 91.1. The van der Waals surface area contributed by atoms with Crippen molar-refractivity contribution in [2.45, 2.75) is 19.8 Å². The number of hydrogen-bond acceptors (Lipinski definition) is 1. The van der Waals surface area contributed by atoms with Gasteiger partial charge in [-0.2, -0.15) is 0 Å². The van der Waals surface area contributed by atoms with E-state index in [1.54, 1.807) is 0 Å². The van der Waals surface area contributed by atoms with Gasteiger partial charge in [-0.25, -0.2) is 0 Å². The van der Waals surface area contributed by atoms with Gasteiger partial charge in [0.1, 0.15) is 0 Å². The minimum absolute atomic E-state index is 0.235. The third-order valence-electron chi connectivity index (χ3n) is 1.24. The van der Waals surface area contributed by atoms with Crippen LogP contribution in [0.2, 0.25) is 0 Å². The zero-order valence-corrected chi connectivity index (χ0v) is 7.70. The van der Waals surface area contributed by atoms with Crippen LogP contribution in [0, 0.1) is 5.92 Å². The van der Waals surface area contributed by atoms with Gasteiger partial charge >= 0.3 is 0 Å². The van der Waals surface area contributed by atoms with Crippen LogP contribution < -0.4 is 0 Å². The molecule has 0 aromatic heterocycles. The first kappa shape index (κ1) is 9.44. The molecule has 0 N–H and O–H groups in total. The molecule has 0 fully saturated rings. The quantitative estimate of drug-likeness (QED) is 0.518. The molecule has 0 aliphatic heterocycles. The lowest BCUT2D eigenvalue weighted by Gasteiger charge is -2.05. The summed E-state index contributed by atoms with van der Waals surface area (Å²) in [5.41, 5.74) is 0. The lowest BCUT2D eigenvalue weighted by molar-refractivity contribution is -0.112. The molecular formula is C6H10BrClO. The lowest BCUT2D eigenvalue weighted by atomic mass is 10.1. The van der Waals surface area contributed by atoms with E-state index >= 15 is 0 Å². The van der Waals surface area contributed by atoms with Crippen molar-refractivity contribution in [2.75, 3.05) is 5.33 Å². The van der Waals surface area contributed by atoms with Crippen LogP contribution in [0.25, 0.3) is 0 Å². The Morgan fingerprint density at radius 3 is 2.44 bits per heavy atom. The van der Waals surface area contributed by atoms with Crippen LogP contribution >= 0.6 is 27.5 Å². The van der Waals surface area contributed by atoms with Crippen molar-refractivity contribution in [3.8, 4) is 0 Å². The Hall–Kier alpha value is 0.440. The van der Waals surface area contributed by atoms with Crippen molar-refractivity contribution in [1.82, 2.24) is 0 Å². The zero-order chi connectivity index (χ0) is 7.28. The topological polar surface area (TPSA) is 17.1 Å². The molecule has 9 heavy (non-hydrogen) atoms. The Kier molecular flexibility index (Phi) is 5.50. The molecule has 0 saturated heterocycles. The highest BCUT2D eigenvalue weighted by atomic mass is 79.9. The summed E-state index contributed by atoms with van der Waals surface area (Å²) in [5, 5.41) is 0.628. The highest BCUT2D eigenvalue weighted by molar-refractivity contribution is 9.09. The van der Waals surface area contributed by atoms with Gasteiger partial charge in [-0.3, -0.25) is 4.79 Å². The van der Waals surface area contributed by atoms with Gasteiger partial charge in [-0.05, 0) is 17.5 Å². The van der Waals surface area contributed by atoms with E-state index in [4.69, 9.17) is 11.6 Å². The van der Waals surface area contributed by atoms with E-state index in [2.05, 4.69) is 15.9 Å². The van der Waals surface area contributed by atoms with Crippen LogP contribution in [-0.2, 0) is 4.79 Å². The number of hydrogen-bond donors (Lipinski definition) is 0. The number of halogens is 2. The van der Waals surface area contributed by atoms with Crippen LogP contribution in [0.15, 0.2) is 0 Å². The maximum absolute atomic E-state index is 10.3. The Morgan fingerprint density at radius 2 is 2.33 bits per heavy atom. The number of carbonyl (C=O) groups is 1. The summed E-state index contributed by atoms with van der Waals surface area (Å²) in [6.45, 7) is 2.05. The minimum Gasteiger partial charge on any atom is -0.281 e. The molecule has 0 spiro atoms. The van der Waals surface area contributed by atoms with E-state index in [1.807, 2.05) is 6.92 Å².